The molecule has 1 saturated heterocycles. The second kappa shape index (κ2) is 7.63. The second-order valence-corrected chi connectivity index (χ2v) is 8.14. The van der Waals surface area contributed by atoms with Gasteiger partial charge >= 0.3 is 0 Å². The normalized spacial score (nSPS) is 22.5. The highest BCUT2D eigenvalue weighted by molar-refractivity contribution is 7.89. The maximum atomic E-state index is 12.5. The van der Waals surface area contributed by atoms with Gasteiger partial charge in [-0.2, -0.15) is 4.72 Å². The number of rotatable bonds is 5. The number of amides is 1. The van der Waals surface area contributed by atoms with Gasteiger partial charge in [-0.05, 0) is 39.8 Å². The van der Waals surface area contributed by atoms with Crippen molar-refractivity contribution >= 4 is 21.7 Å². The van der Waals surface area contributed by atoms with Gasteiger partial charge in [0.15, 0.2) is 5.78 Å². The number of ketones is 1. The van der Waals surface area contributed by atoms with Crippen LogP contribution in [0.15, 0.2) is 29.2 Å². The maximum Gasteiger partial charge on any atom is 0.241 e. The van der Waals surface area contributed by atoms with Crippen molar-refractivity contribution in [1.82, 2.24) is 9.62 Å². The quantitative estimate of drug-likeness (QED) is 0.788. The van der Waals surface area contributed by atoms with Crippen LogP contribution in [0.5, 0.6) is 0 Å². The van der Waals surface area contributed by atoms with E-state index < -0.39 is 16.1 Å². The molecule has 3 atom stereocenters. The fourth-order valence-corrected chi connectivity index (χ4v) is 4.05. The standard InChI is InChI=1S/C17H24N2O5S/c1-11-9-19(10-12(2)24-11)17(21)13(3)18-25(22,23)16-7-5-15(6-8-16)14(4)20/h5-8,11-13,18H,9-10H2,1-4H3. The molecule has 1 fully saturated rings. The maximum absolute atomic E-state index is 12.5. The van der Waals surface area contributed by atoms with E-state index in [0.717, 1.165) is 0 Å². The molecule has 0 spiro atoms. The molecule has 0 aliphatic carbocycles. The van der Waals surface area contributed by atoms with E-state index in [1.807, 2.05) is 13.8 Å². The molecule has 1 aliphatic rings. The summed E-state index contributed by atoms with van der Waals surface area (Å²) >= 11 is 0. The summed E-state index contributed by atoms with van der Waals surface area (Å²) in [7, 11) is -3.85. The zero-order valence-electron chi connectivity index (χ0n) is 14.9. The van der Waals surface area contributed by atoms with E-state index in [0.29, 0.717) is 18.7 Å². The minimum Gasteiger partial charge on any atom is -0.372 e. The van der Waals surface area contributed by atoms with E-state index in [9.17, 15) is 18.0 Å². The summed E-state index contributed by atoms with van der Waals surface area (Å²) in [6, 6.07) is 4.73. The highest BCUT2D eigenvalue weighted by atomic mass is 32.2. The van der Waals surface area contributed by atoms with Crippen LogP contribution in [0.1, 0.15) is 38.1 Å². The lowest BCUT2D eigenvalue weighted by atomic mass is 10.2. The molecular formula is C17H24N2O5S. The Kier molecular flexibility index (Phi) is 5.97. The van der Waals surface area contributed by atoms with Crippen LogP contribution in [0.25, 0.3) is 0 Å². The fraction of sp³-hybridized carbons (Fsp3) is 0.529. The van der Waals surface area contributed by atoms with Crippen LogP contribution < -0.4 is 4.72 Å². The van der Waals surface area contributed by atoms with Gasteiger partial charge in [-0.15, -0.1) is 0 Å². The predicted octanol–water partition coefficient (Wildman–Crippen LogP) is 1.19. The number of ether oxygens (including phenoxy) is 1. The smallest absolute Gasteiger partial charge is 0.241 e. The molecule has 25 heavy (non-hydrogen) atoms. The number of benzene rings is 1. The topological polar surface area (TPSA) is 92.8 Å². The van der Waals surface area contributed by atoms with Gasteiger partial charge < -0.3 is 9.64 Å². The minimum atomic E-state index is -3.85. The first-order chi connectivity index (χ1) is 11.6. The van der Waals surface area contributed by atoms with Crippen molar-refractivity contribution in [3.05, 3.63) is 29.8 Å². The number of carbonyl (C=O) groups excluding carboxylic acids is 2. The van der Waals surface area contributed by atoms with Crippen LogP contribution in [0.3, 0.4) is 0 Å². The van der Waals surface area contributed by atoms with Gasteiger partial charge in [0.2, 0.25) is 15.9 Å². The molecule has 0 saturated carbocycles. The summed E-state index contributed by atoms with van der Waals surface area (Å²) < 4.78 is 32.9. The Morgan fingerprint density at radius 1 is 1.16 bits per heavy atom. The van der Waals surface area contributed by atoms with E-state index in [1.54, 1.807) is 4.90 Å². The average molecular weight is 368 g/mol. The lowest BCUT2D eigenvalue weighted by Crippen LogP contribution is -2.54. The van der Waals surface area contributed by atoms with Crippen molar-refractivity contribution in [2.75, 3.05) is 13.1 Å². The van der Waals surface area contributed by atoms with E-state index in [4.69, 9.17) is 4.74 Å². The van der Waals surface area contributed by atoms with Crippen LogP contribution in [0.2, 0.25) is 0 Å². The van der Waals surface area contributed by atoms with Crippen LogP contribution in [0, 0.1) is 0 Å². The predicted molar refractivity (Wildman–Crippen MR) is 92.8 cm³/mol. The number of morpholine rings is 1. The van der Waals surface area contributed by atoms with Crippen LogP contribution in [0.4, 0.5) is 0 Å². The number of Topliss-reactive ketones (excluding diaryl/α,β-unsaturated/α-hetero) is 1. The van der Waals surface area contributed by atoms with Crippen molar-refractivity contribution in [3.8, 4) is 0 Å². The molecule has 2 rings (SSSR count). The van der Waals surface area contributed by atoms with Gasteiger partial charge in [0.25, 0.3) is 0 Å². The summed E-state index contributed by atoms with van der Waals surface area (Å²) in [6.07, 6.45) is -0.175. The second-order valence-electron chi connectivity index (χ2n) is 6.42. The summed E-state index contributed by atoms with van der Waals surface area (Å²) in [5.74, 6) is -0.429. The Balaban J connectivity index is 2.08. The van der Waals surface area contributed by atoms with Crippen molar-refractivity contribution in [2.45, 2.75) is 50.8 Å². The Morgan fingerprint density at radius 2 is 1.68 bits per heavy atom. The summed E-state index contributed by atoms with van der Waals surface area (Å²) in [6.45, 7) is 7.55. The van der Waals surface area contributed by atoms with Crippen LogP contribution >= 0.6 is 0 Å². The SMILES string of the molecule is CC(=O)c1ccc(S(=O)(=O)NC(C)C(=O)N2CC(C)OC(C)C2)cc1. The van der Waals surface area contributed by atoms with Crippen molar-refractivity contribution in [3.63, 3.8) is 0 Å². The summed E-state index contributed by atoms with van der Waals surface area (Å²) in [5, 5.41) is 0. The van der Waals surface area contributed by atoms with Gasteiger partial charge in [0, 0.05) is 18.7 Å². The third-order valence-electron chi connectivity index (χ3n) is 4.00. The van der Waals surface area contributed by atoms with Crippen LogP contribution in [-0.2, 0) is 19.6 Å². The van der Waals surface area contributed by atoms with Gasteiger partial charge in [0.05, 0.1) is 23.1 Å². The first-order valence-corrected chi connectivity index (χ1v) is 9.66. The van der Waals surface area contributed by atoms with Gasteiger partial charge in [0.1, 0.15) is 0 Å². The lowest BCUT2D eigenvalue weighted by molar-refractivity contribution is -0.144. The highest BCUT2D eigenvalue weighted by Crippen LogP contribution is 2.14. The first-order valence-electron chi connectivity index (χ1n) is 8.17. The molecule has 1 N–H and O–H groups in total. The van der Waals surface area contributed by atoms with Gasteiger partial charge in [-0.25, -0.2) is 8.42 Å². The monoisotopic (exact) mass is 368 g/mol. The minimum absolute atomic E-state index is 0.0147. The largest absolute Gasteiger partial charge is 0.372 e. The lowest BCUT2D eigenvalue weighted by Gasteiger charge is -2.36. The number of hydrogen-bond acceptors (Lipinski definition) is 5. The van der Waals surface area contributed by atoms with E-state index in [-0.39, 0.29) is 28.8 Å². The molecule has 0 aromatic heterocycles. The molecule has 1 heterocycles. The fourth-order valence-electron chi connectivity index (χ4n) is 2.85. The highest BCUT2D eigenvalue weighted by Gasteiger charge is 2.30. The molecule has 7 nitrogen and oxygen atoms in total. The molecule has 8 heteroatoms. The zero-order valence-corrected chi connectivity index (χ0v) is 15.7. The Hall–Kier alpha value is -1.77. The number of sulfonamides is 1. The van der Waals surface area contributed by atoms with E-state index in [2.05, 4.69) is 4.72 Å². The molecule has 138 valence electrons. The van der Waals surface area contributed by atoms with E-state index >= 15 is 0 Å². The molecule has 1 amide bonds. The molecule has 1 aliphatic heterocycles. The number of hydrogen-bond donors (Lipinski definition) is 1. The number of carbonyl (C=O) groups is 2. The number of nitrogens with zero attached hydrogens (tertiary/aromatic N) is 1. The molecule has 1 aromatic carbocycles. The summed E-state index contributed by atoms with van der Waals surface area (Å²) in [4.78, 5) is 25.4. The van der Waals surface area contributed by atoms with Crippen molar-refractivity contribution < 1.29 is 22.7 Å². The first kappa shape index (κ1) is 19.6. The molecular weight excluding hydrogens is 344 g/mol. The molecule has 0 radical (unpaired) electrons. The van der Waals surface area contributed by atoms with E-state index in [1.165, 1.54) is 38.1 Å². The Bertz CT molecular complexity index is 735. The Morgan fingerprint density at radius 3 is 2.16 bits per heavy atom. The third kappa shape index (κ3) is 4.87. The molecule has 3 unspecified atom stereocenters. The molecule has 0 bridgehead atoms. The average Bonchev–Trinajstić information content (AvgIpc) is 2.52. The number of nitrogens with one attached hydrogen (secondary N) is 1. The summed E-state index contributed by atoms with van der Waals surface area (Å²) in [5.41, 5.74) is 0.430. The van der Waals surface area contributed by atoms with Crippen molar-refractivity contribution in [1.29, 1.82) is 0 Å². The third-order valence-corrected chi connectivity index (χ3v) is 5.56. The van der Waals surface area contributed by atoms with Crippen LogP contribution in [-0.4, -0.2) is 56.3 Å². The van der Waals surface area contributed by atoms with Gasteiger partial charge in [-0.3, -0.25) is 9.59 Å². The zero-order chi connectivity index (χ0) is 18.8. The Labute approximate surface area is 148 Å². The van der Waals surface area contributed by atoms with Crippen molar-refractivity contribution in [2.24, 2.45) is 0 Å². The molecule has 1 aromatic rings. The van der Waals surface area contributed by atoms with Gasteiger partial charge in [-0.1, -0.05) is 12.1 Å².